The van der Waals surface area contributed by atoms with Gasteiger partial charge in [0, 0.05) is 28.5 Å². The molecule has 0 atom stereocenters. The normalized spacial score (nSPS) is 25.2. The van der Waals surface area contributed by atoms with Crippen LogP contribution in [0.2, 0.25) is 0 Å². The summed E-state index contributed by atoms with van der Waals surface area (Å²) in [4.78, 5) is 4.88. The van der Waals surface area contributed by atoms with Crippen molar-refractivity contribution in [1.82, 2.24) is 0 Å². The van der Waals surface area contributed by atoms with Gasteiger partial charge in [-0.2, -0.15) is 0 Å². The van der Waals surface area contributed by atoms with Crippen molar-refractivity contribution in [2.24, 2.45) is 22.7 Å². The van der Waals surface area contributed by atoms with Crippen molar-refractivity contribution < 1.29 is 31.6 Å². The van der Waals surface area contributed by atoms with Crippen LogP contribution in [0.1, 0.15) is 55.2 Å². The summed E-state index contributed by atoms with van der Waals surface area (Å²) in [5, 5.41) is 11.5. The summed E-state index contributed by atoms with van der Waals surface area (Å²) in [7, 11) is 1.70. The topological polar surface area (TPSA) is 41.8 Å². The van der Waals surface area contributed by atoms with Gasteiger partial charge in [-0.05, 0) is 92.4 Å². The molecule has 0 aliphatic heterocycles. The fraction of sp³-hybridized carbons (Fsp3) is 0.364. The molecule has 0 amide bonds. The molecule has 4 aliphatic carbocycles. The van der Waals surface area contributed by atoms with E-state index in [-0.39, 0.29) is 42.0 Å². The molecule has 7 rings (SSSR count). The number of nitrogens with zero attached hydrogens (tertiary/aromatic N) is 1. The van der Waals surface area contributed by atoms with E-state index in [9.17, 15) is 5.11 Å². The third-order valence-corrected chi connectivity index (χ3v) is 8.54. The molecular formula is C33H39NO2Ti+. The monoisotopic (exact) mass is 529 g/mol. The average molecular weight is 530 g/mol. The molecule has 0 spiro atoms. The Morgan fingerprint density at radius 3 is 2.05 bits per heavy atom. The molecule has 4 heteroatoms. The summed E-state index contributed by atoms with van der Waals surface area (Å²) < 4.78 is 5.59. The number of phenolic OH excluding ortho intramolecular Hbond substituents is 1. The zero-order chi connectivity index (χ0) is 23.3. The van der Waals surface area contributed by atoms with Crippen molar-refractivity contribution in [2.45, 2.75) is 50.9 Å². The number of methoxy groups -OCH3 is 1. The first-order chi connectivity index (χ1) is 16.5. The molecule has 1 radical (unpaired) electrons. The number of rotatable bonds is 5. The quantitative estimate of drug-likeness (QED) is 0.205. The van der Waals surface area contributed by atoms with Crippen LogP contribution in [-0.4, -0.2) is 18.4 Å². The number of aliphatic imine (C=N–C) groups is 1. The van der Waals surface area contributed by atoms with Gasteiger partial charge in [0.15, 0.2) is 0 Å². The number of aromatic hydroxyl groups is 1. The Kier molecular flexibility index (Phi) is 9.14. The maximum Gasteiger partial charge on any atom is 3.00 e. The summed E-state index contributed by atoms with van der Waals surface area (Å²) in [6.45, 7) is 2.14. The molecule has 4 bridgehead atoms. The Hall–Kier alpha value is -2.36. The minimum atomic E-state index is 0. The zero-order valence-electron chi connectivity index (χ0n) is 22.6. The molecule has 0 heterocycles. The third-order valence-electron chi connectivity index (χ3n) is 8.54. The van der Waals surface area contributed by atoms with E-state index in [0.29, 0.717) is 5.75 Å². The second-order valence-corrected chi connectivity index (χ2v) is 10.9. The fourth-order valence-electron chi connectivity index (χ4n) is 7.57. The summed E-state index contributed by atoms with van der Waals surface area (Å²) in [6, 6.07) is 20.5. The van der Waals surface area contributed by atoms with Crippen LogP contribution in [0.15, 0.2) is 65.7 Å². The van der Waals surface area contributed by atoms with Crippen LogP contribution in [-0.2, 0) is 27.1 Å². The van der Waals surface area contributed by atoms with Gasteiger partial charge >= 0.3 is 21.7 Å². The van der Waals surface area contributed by atoms with E-state index in [0.717, 1.165) is 45.9 Å². The van der Waals surface area contributed by atoms with Gasteiger partial charge in [-0.15, -0.1) is 0 Å². The molecule has 0 saturated heterocycles. The second-order valence-electron chi connectivity index (χ2n) is 10.9. The molecule has 1 N–H and O–H groups in total. The van der Waals surface area contributed by atoms with Gasteiger partial charge < -0.3 is 24.7 Å². The first-order valence-corrected chi connectivity index (χ1v) is 12.7. The van der Waals surface area contributed by atoms with E-state index in [1.165, 1.54) is 49.7 Å². The fourth-order valence-corrected chi connectivity index (χ4v) is 7.57. The van der Waals surface area contributed by atoms with Crippen LogP contribution in [0.5, 0.6) is 11.5 Å². The summed E-state index contributed by atoms with van der Waals surface area (Å²) >= 11 is 0. The second kappa shape index (κ2) is 11.6. The molecule has 3 aromatic carbocycles. The van der Waals surface area contributed by atoms with Gasteiger partial charge in [0.2, 0.25) is 0 Å². The van der Waals surface area contributed by atoms with Crippen LogP contribution in [0.25, 0.3) is 11.1 Å². The molecule has 4 aliphatic rings. The van der Waals surface area contributed by atoms with Gasteiger partial charge in [0.05, 0.1) is 12.8 Å². The van der Waals surface area contributed by atoms with E-state index >= 15 is 0 Å². The summed E-state index contributed by atoms with van der Waals surface area (Å²) in [5.41, 5.74) is 6.24. The van der Waals surface area contributed by atoms with Gasteiger partial charge in [-0.25, -0.2) is 0 Å². The third kappa shape index (κ3) is 5.31. The van der Waals surface area contributed by atoms with E-state index < -0.39 is 0 Å². The van der Waals surface area contributed by atoms with Gasteiger partial charge in [0.25, 0.3) is 0 Å². The average Bonchev–Trinajstić information content (AvgIpc) is 2.83. The van der Waals surface area contributed by atoms with Crippen molar-refractivity contribution in [3.8, 4) is 22.6 Å². The predicted octanol–water partition coefficient (Wildman–Crippen LogP) is 8.49. The standard InChI is InChI=1S/C31H33NO2.2CH3.Ti/c1-20-11-24(19-32-28-9-5-3-7-25(28)26-8-4-6-10-29(26)34-2)30(33)27(12-20)31-16-21-13-22(17-31)15-23(14-21)18-31;;;/h3-12,19,21-23,33H,13-18H2,1-2H3;2*1H3;/q;2*-1;+3. The van der Waals surface area contributed by atoms with Crippen molar-refractivity contribution in [2.75, 3.05) is 7.11 Å². The van der Waals surface area contributed by atoms with Crippen LogP contribution in [0.3, 0.4) is 0 Å². The van der Waals surface area contributed by atoms with Crippen molar-refractivity contribution in [3.63, 3.8) is 0 Å². The minimum absolute atomic E-state index is 0. The number of aryl methyl sites for hydroxylation is 1. The first-order valence-electron chi connectivity index (χ1n) is 12.7. The number of ether oxygens (including phenoxy) is 1. The Morgan fingerprint density at radius 1 is 0.865 bits per heavy atom. The molecule has 191 valence electrons. The van der Waals surface area contributed by atoms with Crippen LogP contribution in [0, 0.1) is 39.5 Å². The smallest absolute Gasteiger partial charge is 0.507 e. The van der Waals surface area contributed by atoms with E-state index in [4.69, 9.17) is 9.73 Å². The molecule has 4 saturated carbocycles. The van der Waals surface area contributed by atoms with Crippen LogP contribution < -0.4 is 4.74 Å². The number of hydrogen-bond donors (Lipinski definition) is 1. The van der Waals surface area contributed by atoms with Crippen molar-refractivity contribution in [3.05, 3.63) is 92.2 Å². The molecule has 37 heavy (non-hydrogen) atoms. The zero-order valence-corrected chi connectivity index (χ0v) is 24.2. The first kappa shape index (κ1) is 29.2. The number of para-hydroxylation sites is 2. The number of benzene rings is 3. The Morgan fingerprint density at radius 2 is 1.43 bits per heavy atom. The predicted molar refractivity (Wildman–Crippen MR) is 151 cm³/mol. The SMILES string of the molecule is COc1ccccc1-c1ccccc1N=Cc1cc(C)cc(C23CC4CC(CC(C4)C2)C3)c1O.[CH3-].[CH3-].[Ti+3]. The Balaban J connectivity index is 0.00000127. The summed E-state index contributed by atoms with van der Waals surface area (Å²) in [5.74, 6) is 3.79. The molecule has 0 aromatic heterocycles. The molecule has 3 nitrogen and oxygen atoms in total. The van der Waals surface area contributed by atoms with E-state index in [1.807, 2.05) is 42.6 Å². The molecular weight excluding hydrogens is 490 g/mol. The molecule has 0 unspecified atom stereocenters. The summed E-state index contributed by atoms with van der Waals surface area (Å²) in [6.07, 6.45) is 9.77. The van der Waals surface area contributed by atoms with Crippen molar-refractivity contribution in [1.29, 1.82) is 0 Å². The van der Waals surface area contributed by atoms with Crippen LogP contribution >= 0.6 is 0 Å². The largest absolute Gasteiger partial charge is 3.00 e. The molecule has 4 fully saturated rings. The Bertz CT molecular complexity index is 1230. The van der Waals surface area contributed by atoms with E-state index in [2.05, 4.69) is 31.2 Å². The van der Waals surface area contributed by atoms with Gasteiger partial charge in [-0.1, -0.05) is 42.5 Å². The van der Waals surface area contributed by atoms with Crippen LogP contribution in [0.4, 0.5) is 5.69 Å². The van der Waals surface area contributed by atoms with Crippen molar-refractivity contribution >= 4 is 11.9 Å². The maximum absolute atomic E-state index is 11.5. The Labute approximate surface area is 238 Å². The molecule has 3 aromatic rings. The minimum Gasteiger partial charge on any atom is -0.507 e. The van der Waals surface area contributed by atoms with E-state index in [1.54, 1.807) is 7.11 Å². The maximum atomic E-state index is 11.5. The van der Waals surface area contributed by atoms with Gasteiger partial charge in [0.1, 0.15) is 11.5 Å². The number of phenols is 1. The van der Waals surface area contributed by atoms with Gasteiger partial charge in [-0.3, -0.25) is 4.99 Å². The number of hydrogen-bond acceptors (Lipinski definition) is 3.